The fraction of sp³-hybridized carbons (Fsp3) is 0.0909. The number of nitrogens with one attached hydrogen (secondary N) is 1. The summed E-state index contributed by atoms with van der Waals surface area (Å²) in [6.45, 7) is -0.0899. The lowest BCUT2D eigenvalue weighted by Gasteiger charge is -2.35. The third-order valence-corrected chi connectivity index (χ3v) is 5.14. The van der Waals surface area contributed by atoms with Crippen molar-refractivity contribution >= 4 is 23.2 Å². The first kappa shape index (κ1) is 17.4. The molecule has 0 aliphatic carbocycles. The number of hydrogen-bond acceptors (Lipinski definition) is 4. The summed E-state index contributed by atoms with van der Waals surface area (Å²) >= 11 is 0. The number of hydrogen-bond donors (Lipinski definition) is 2. The minimum absolute atomic E-state index is 0.0899. The van der Waals surface area contributed by atoms with E-state index in [4.69, 9.17) is 4.74 Å². The van der Waals surface area contributed by atoms with Gasteiger partial charge in [-0.05, 0) is 42.5 Å². The lowest BCUT2D eigenvalue weighted by Crippen LogP contribution is -2.45. The van der Waals surface area contributed by atoms with Crippen molar-refractivity contribution in [2.24, 2.45) is 0 Å². The van der Waals surface area contributed by atoms with Crippen molar-refractivity contribution in [1.29, 1.82) is 0 Å². The zero-order valence-corrected chi connectivity index (χ0v) is 15.1. The number of carbonyl (C=O) groups excluding carboxylic acids is 2. The Kier molecular flexibility index (Phi) is 3.69. The second-order valence-electron chi connectivity index (χ2n) is 6.89. The second-order valence-corrected chi connectivity index (χ2v) is 6.89. The molecule has 0 bridgehead atoms. The van der Waals surface area contributed by atoms with Crippen LogP contribution in [0.3, 0.4) is 0 Å². The van der Waals surface area contributed by atoms with Crippen molar-refractivity contribution < 1.29 is 23.8 Å². The summed E-state index contributed by atoms with van der Waals surface area (Å²) in [5, 5.41) is 14.6. The number of aliphatic hydroxyl groups is 1. The maximum atomic E-state index is 13.9. The molecule has 2 amide bonds. The van der Waals surface area contributed by atoms with Crippen molar-refractivity contribution in [2.75, 3.05) is 16.8 Å². The van der Waals surface area contributed by atoms with Gasteiger partial charge in [-0.25, -0.2) is 4.39 Å². The molecule has 3 aromatic rings. The second kappa shape index (κ2) is 6.15. The molecular formula is C22H15FN2O4. The van der Waals surface area contributed by atoms with Gasteiger partial charge in [0.25, 0.3) is 11.8 Å². The van der Waals surface area contributed by atoms with Gasteiger partial charge < -0.3 is 15.2 Å². The van der Waals surface area contributed by atoms with Crippen LogP contribution in [0.5, 0.6) is 5.75 Å². The SMILES string of the molecule is O=C1COc2ccc(C3(O)c4ccccc4C(=O)N3c3cccc(F)c3)cc2N1. The fourth-order valence-corrected chi connectivity index (χ4v) is 3.87. The number of halogens is 1. The van der Waals surface area contributed by atoms with E-state index in [0.29, 0.717) is 28.1 Å². The molecule has 7 heteroatoms. The molecule has 2 aliphatic heterocycles. The van der Waals surface area contributed by atoms with Gasteiger partial charge in [0, 0.05) is 16.7 Å². The minimum atomic E-state index is -1.89. The van der Waals surface area contributed by atoms with Gasteiger partial charge in [-0.1, -0.05) is 24.3 Å². The molecule has 0 saturated carbocycles. The van der Waals surface area contributed by atoms with Crippen LogP contribution < -0.4 is 15.0 Å². The van der Waals surface area contributed by atoms with Crippen LogP contribution in [0.15, 0.2) is 66.7 Å². The standard InChI is InChI=1S/C22H15FN2O4/c23-14-4-3-5-15(11-14)25-21(27)16-6-1-2-7-17(16)22(25,28)13-8-9-19-18(10-13)24-20(26)12-29-19/h1-11,28H,12H2,(H,24,26). The highest BCUT2D eigenvalue weighted by molar-refractivity contribution is 6.12. The minimum Gasteiger partial charge on any atom is -0.482 e. The number of benzene rings is 3. The van der Waals surface area contributed by atoms with Gasteiger partial charge in [0.15, 0.2) is 12.3 Å². The van der Waals surface area contributed by atoms with E-state index in [-0.39, 0.29) is 18.2 Å². The van der Waals surface area contributed by atoms with Gasteiger partial charge in [-0.15, -0.1) is 0 Å². The van der Waals surface area contributed by atoms with Crippen LogP contribution in [-0.2, 0) is 10.5 Å². The first-order valence-electron chi connectivity index (χ1n) is 8.97. The first-order valence-corrected chi connectivity index (χ1v) is 8.97. The molecule has 2 aliphatic rings. The van der Waals surface area contributed by atoms with Crippen LogP contribution >= 0.6 is 0 Å². The third-order valence-electron chi connectivity index (χ3n) is 5.14. The Hall–Kier alpha value is -3.71. The topological polar surface area (TPSA) is 78.9 Å². The summed E-state index contributed by atoms with van der Waals surface area (Å²) in [6, 6.07) is 17.0. The van der Waals surface area contributed by atoms with E-state index in [1.807, 2.05) is 0 Å². The number of anilines is 2. The van der Waals surface area contributed by atoms with Gasteiger partial charge in [0.05, 0.1) is 11.4 Å². The third kappa shape index (κ3) is 2.51. The van der Waals surface area contributed by atoms with E-state index in [2.05, 4.69) is 5.32 Å². The zero-order chi connectivity index (χ0) is 20.2. The Bertz CT molecular complexity index is 1180. The quantitative estimate of drug-likeness (QED) is 0.705. The van der Waals surface area contributed by atoms with E-state index in [1.54, 1.807) is 48.5 Å². The van der Waals surface area contributed by atoms with E-state index in [0.717, 1.165) is 4.90 Å². The van der Waals surface area contributed by atoms with Gasteiger partial charge in [-0.2, -0.15) is 0 Å². The predicted octanol–water partition coefficient (Wildman–Crippen LogP) is 3.01. The van der Waals surface area contributed by atoms with Crippen LogP contribution in [-0.4, -0.2) is 23.5 Å². The molecule has 0 saturated heterocycles. The number of carbonyl (C=O) groups is 2. The summed E-state index contributed by atoms with van der Waals surface area (Å²) in [4.78, 5) is 26.1. The molecule has 29 heavy (non-hydrogen) atoms. The number of ether oxygens (including phenoxy) is 1. The highest BCUT2D eigenvalue weighted by Crippen LogP contribution is 2.46. The lowest BCUT2D eigenvalue weighted by molar-refractivity contribution is -0.118. The van der Waals surface area contributed by atoms with Crippen LogP contribution in [0.4, 0.5) is 15.8 Å². The van der Waals surface area contributed by atoms with Crippen LogP contribution in [0.1, 0.15) is 21.5 Å². The largest absolute Gasteiger partial charge is 0.482 e. The molecule has 2 N–H and O–H groups in total. The van der Waals surface area contributed by atoms with E-state index in [1.165, 1.54) is 18.2 Å². The van der Waals surface area contributed by atoms with Gasteiger partial charge in [-0.3, -0.25) is 14.5 Å². The maximum absolute atomic E-state index is 13.9. The highest BCUT2D eigenvalue weighted by Gasteiger charge is 2.51. The Morgan fingerprint density at radius 1 is 1.03 bits per heavy atom. The Labute approximate surface area is 165 Å². The van der Waals surface area contributed by atoms with E-state index in [9.17, 15) is 19.1 Å². The molecular weight excluding hydrogens is 375 g/mol. The van der Waals surface area contributed by atoms with Crippen molar-refractivity contribution in [1.82, 2.24) is 0 Å². The molecule has 1 unspecified atom stereocenters. The smallest absolute Gasteiger partial charge is 0.262 e. The Balaban J connectivity index is 1.74. The molecule has 6 nitrogen and oxygen atoms in total. The summed E-state index contributed by atoms with van der Waals surface area (Å²) < 4.78 is 19.3. The first-order chi connectivity index (χ1) is 14.0. The molecule has 0 aromatic heterocycles. The van der Waals surface area contributed by atoms with Crippen molar-refractivity contribution in [3.05, 3.63) is 89.2 Å². The lowest BCUT2D eigenvalue weighted by atomic mass is 9.93. The molecule has 0 radical (unpaired) electrons. The molecule has 0 fully saturated rings. The molecule has 2 heterocycles. The molecule has 1 atom stereocenters. The van der Waals surface area contributed by atoms with Gasteiger partial charge >= 0.3 is 0 Å². The maximum Gasteiger partial charge on any atom is 0.262 e. The number of amides is 2. The summed E-state index contributed by atoms with van der Waals surface area (Å²) in [7, 11) is 0. The fourth-order valence-electron chi connectivity index (χ4n) is 3.87. The van der Waals surface area contributed by atoms with E-state index < -0.39 is 17.4 Å². The highest BCUT2D eigenvalue weighted by atomic mass is 19.1. The van der Waals surface area contributed by atoms with Crippen molar-refractivity contribution in [2.45, 2.75) is 5.72 Å². The summed E-state index contributed by atoms with van der Waals surface area (Å²) in [6.07, 6.45) is 0. The summed E-state index contributed by atoms with van der Waals surface area (Å²) in [5.74, 6) is -0.829. The van der Waals surface area contributed by atoms with Crippen molar-refractivity contribution in [3.8, 4) is 5.75 Å². The number of rotatable bonds is 2. The van der Waals surface area contributed by atoms with Crippen molar-refractivity contribution in [3.63, 3.8) is 0 Å². The zero-order valence-electron chi connectivity index (χ0n) is 15.1. The van der Waals surface area contributed by atoms with Crippen LogP contribution in [0, 0.1) is 5.82 Å². The predicted molar refractivity (Wildman–Crippen MR) is 103 cm³/mol. The van der Waals surface area contributed by atoms with E-state index >= 15 is 0 Å². The number of nitrogens with zero attached hydrogens (tertiary/aromatic N) is 1. The average Bonchev–Trinajstić information content (AvgIpc) is 2.96. The van der Waals surface area contributed by atoms with Gasteiger partial charge in [0.1, 0.15) is 11.6 Å². The average molecular weight is 390 g/mol. The monoisotopic (exact) mass is 390 g/mol. The van der Waals surface area contributed by atoms with Gasteiger partial charge in [0.2, 0.25) is 0 Å². The normalized spacial score (nSPS) is 20.0. The van der Waals surface area contributed by atoms with Crippen LogP contribution in [0.2, 0.25) is 0 Å². The van der Waals surface area contributed by atoms with Crippen LogP contribution in [0.25, 0.3) is 0 Å². The molecule has 0 spiro atoms. The summed E-state index contributed by atoms with van der Waals surface area (Å²) in [5.41, 5.74) is -0.257. The molecule has 3 aromatic carbocycles. The number of fused-ring (bicyclic) bond motifs is 2. The molecule has 144 valence electrons. The molecule has 5 rings (SSSR count). The Morgan fingerprint density at radius 2 is 1.86 bits per heavy atom. The Morgan fingerprint density at radius 3 is 2.69 bits per heavy atom.